The molecule has 0 fully saturated rings. The molecule has 0 aliphatic heterocycles. The van der Waals surface area contributed by atoms with Crippen LogP contribution in [0.5, 0.6) is 5.75 Å². The lowest BCUT2D eigenvalue weighted by atomic mass is 10.2. The third kappa shape index (κ3) is 10.6. The Labute approximate surface area is 136 Å². The number of ether oxygens (including phenoxy) is 4. The van der Waals surface area contributed by atoms with Crippen molar-refractivity contribution in [3.05, 3.63) is 29.8 Å². The van der Waals surface area contributed by atoms with Gasteiger partial charge in [0.15, 0.2) is 0 Å². The summed E-state index contributed by atoms with van der Waals surface area (Å²) in [4.78, 5) is 10.2. The second kappa shape index (κ2) is 12.8. The zero-order valence-corrected chi connectivity index (χ0v) is 13.2. The van der Waals surface area contributed by atoms with Crippen molar-refractivity contribution >= 4 is 5.97 Å². The topological polar surface area (TPSA) is 100 Å². The lowest BCUT2D eigenvalue weighted by Gasteiger charge is -2.08. The van der Waals surface area contributed by atoms with Crippen LogP contribution >= 0.6 is 0 Å². The molecule has 0 atom stereocenters. The summed E-state index contributed by atoms with van der Waals surface area (Å²) in [6.45, 7) is 3.38. The Morgan fingerprint density at radius 3 is 2.17 bits per heavy atom. The van der Waals surface area contributed by atoms with Gasteiger partial charge in [0.05, 0.1) is 46.1 Å². The molecule has 1 aromatic rings. The van der Waals surface area contributed by atoms with Crippen molar-refractivity contribution < 1.29 is 28.8 Å². The monoisotopic (exact) mass is 327 g/mol. The average Bonchev–Trinajstić information content (AvgIpc) is 2.55. The van der Waals surface area contributed by atoms with Gasteiger partial charge in [-0.1, -0.05) is 12.1 Å². The number of rotatable bonds is 14. The van der Waals surface area contributed by atoms with Crippen molar-refractivity contribution in [3.8, 4) is 5.75 Å². The summed E-state index contributed by atoms with van der Waals surface area (Å²) in [5.41, 5.74) is 6.59. The summed E-state index contributed by atoms with van der Waals surface area (Å²) in [7, 11) is 0. The number of carboxylic acid groups (broad SMARTS) is 1. The smallest absolute Gasteiger partial charge is 0.305 e. The van der Waals surface area contributed by atoms with E-state index in [1.165, 1.54) is 0 Å². The molecule has 0 aliphatic rings. The van der Waals surface area contributed by atoms with E-state index in [1.54, 1.807) is 0 Å². The van der Waals surface area contributed by atoms with Crippen molar-refractivity contribution in [2.45, 2.75) is 13.0 Å². The first-order valence-corrected chi connectivity index (χ1v) is 7.59. The third-order valence-electron chi connectivity index (χ3n) is 2.83. The van der Waals surface area contributed by atoms with Gasteiger partial charge >= 0.3 is 5.97 Å². The Balaban J connectivity index is 1.87. The summed E-state index contributed by atoms with van der Waals surface area (Å²) in [5.74, 6) is -0.0809. The van der Waals surface area contributed by atoms with Crippen LogP contribution in [0, 0.1) is 0 Å². The highest BCUT2D eigenvalue weighted by atomic mass is 16.6. The Morgan fingerprint density at radius 1 is 0.957 bits per heavy atom. The van der Waals surface area contributed by atoms with E-state index in [2.05, 4.69) is 0 Å². The number of carbonyl (C=O) groups is 1. The highest BCUT2D eigenvalue weighted by molar-refractivity contribution is 5.66. The predicted octanol–water partition coefficient (Wildman–Crippen LogP) is 1.05. The molecular formula is C16H25NO6. The number of hydrogen-bond donors (Lipinski definition) is 2. The van der Waals surface area contributed by atoms with Crippen LogP contribution in [0.1, 0.15) is 12.0 Å². The molecule has 0 heterocycles. The first-order chi connectivity index (χ1) is 11.2. The number of benzene rings is 1. The molecule has 0 amide bonds. The number of aliphatic carboxylic acids is 1. The van der Waals surface area contributed by atoms with Crippen molar-refractivity contribution in [2.75, 3.05) is 46.2 Å². The first-order valence-electron chi connectivity index (χ1n) is 7.59. The van der Waals surface area contributed by atoms with Gasteiger partial charge in [-0.15, -0.1) is 0 Å². The highest BCUT2D eigenvalue weighted by Crippen LogP contribution is 2.12. The van der Waals surface area contributed by atoms with E-state index >= 15 is 0 Å². The van der Waals surface area contributed by atoms with E-state index < -0.39 is 5.97 Å². The minimum Gasteiger partial charge on any atom is -0.491 e. The molecule has 1 aromatic carbocycles. The molecule has 7 heteroatoms. The van der Waals surface area contributed by atoms with Crippen molar-refractivity contribution in [1.82, 2.24) is 0 Å². The van der Waals surface area contributed by atoms with Gasteiger partial charge in [0.1, 0.15) is 12.4 Å². The predicted molar refractivity (Wildman–Crippen MR) is 84.5 cm³/mol. The second-order valence-electron chi connectivity index (χ2n) is 4.68. The zero-order chi connectivity index (χ0) is 16.8. The molecule has 0 unspecified atom stereocenters. The van der Waals surface area contributed by atoms with Crippen molar-refractivity contribution in [2.24, 2.45) is 5.73 Å². The first kappa shape index (κ1) is 19.4. The van der Waals surface area contributed by atoms with Crippen LogP contribution in [0.4, 0.5) is 0 Å². The molecule has 0 saturated carbocycles. The number of carboxylic acids is 1. The lowest BCUT2D eigenvalue weighted by molar-refractivity contribution is -0.138. The Hall–Kier alpha value is -1.67. The van der Waals surface area contributed by atoms with E-state index in [9.17, 15) is 4.79 Å². The Kier molecular flexibility index (Phi) is 10.8. The Morgan fingerprint density at radius 2 is 1.57 bits per heavy atom. The standard InChI is InChI=1S/C16H25NO6/c17-13-14-2-1-3-15(12-14)23-11-10-22-9-8-21-7-6-20-5-4-16(18)19/h1-3,12H,4-11,13,17H2,(H,18,19). The number of nitrogens with two attached hydrogens (primary N) is 1. The highest BCUT2D eigenvalue weighted by Gasteiger charge is 1.97. The van der Waals surface area contributed by atoms with E-state index in [0.717, 1.165) is 11.3 Å². The van der Waals surface area contributed by atoms with Crippen LogP contribution in [-0.4, -0.2) is 57.3 Å². The van der Waals surface area contributed by atoms with Gasteiger partial charge in [-0.3, -0.25) is 4.79 Å². The van der Waals surface area contributed by atoms with Crippen LogP contribution < -0.4 is 10.5 Å². The summed E-state index contributed by atoms with van der Waals surface area (Å²) < 4.78 is 21.3. The maximum absolute atomic E-state index is 10.2. The van der Waals surface area contributed by atoms with Gasteiger partial charge < -0.3 is 29.8 Å². The average molecular weight is 327 g/mol. The van der Waals surface area contributed by atoms with E-state index in [0.29, 0.717) is 46.2 Å². The SMILES string of the molecule is NCc1cccc(OCCOCCOCCOCCC(=O)O)c1. The lowest BCUT2D eigenvalue weighted by Crippen LogP contribution is -2.13. The fourth-order valence-electron chi connectivity index (χ4n) is 1.68. The normalized spacial score (nSPS) is 10.7. The second-order valence-corrected chi connectivity index (χ2v) is 4.68. The molecule has 0 spiro atoms. The largest absolute Gasteiger partial charge is 0.491 e. The molecule has 0 aromatic heterocycles. The van der Waals surface area contributed by atoms with Crippen LogP contribution in [0.2, 0.25) is 0 Å². The fraction of sp³-hybridized carbons (Fsp3) is 0.562. The van der Waals surface area contributed by atoms with Gasteiger partial charge in [0, 0.05) is 6.54 Å². The molecule has 0 radical (unpaired) electrons. The van der Waals surface area contributed by atoms with Gasteiger partial charge in [-0.05, 0) is 17.7 Å². The Bertz CT molecular complexity index is 440. The molecular weight excluding hydrogens is 302 g/mol. The van der Waals surface area contributed by atoms with E-state index in [4.69, 9.17) is 29.8 Å². The molecule has 7 nitrogen and oxygen atoms in total. The summed E-state index contributed by atoms with van der Waals surface area (Å²) in [5, 5.41) is 8.41. The van der Waals surface area contributed by atoms with Crippen LogP contribution in [0.25, 0.3) is 0 Å². The maximum atomic E-state index is 10.2. The van der Waals surface area contributed by atoms with Crippen molar-refractivity contribution in [3.63, 3.8) is 0 Å². The van der Waals surface area contributed by atoms with Gasteiger partial charge in [-0.2, -0.15) is 0 Å². The molecule has 23 heavy (non-hydrogen) atoms. The van der Waals surface area contributed by atoms with Crippen LogP contribution in [0.15, 0.2) is 24.3 Å². The molecule has 0 bridgehead atoms. The molecule has 3 N–H and O–H groups in total. The molecule has 0 saturated heterocycles. The van der Waals surface area contributed by atoms with Crippen LogP contribution in [0.3, 0.4) is 0 Å². The van der Waals surface area contributed by atoms with E-state index in [-0.39, 0.29) is 13.0 Å². The summed E-state index contributed by atoms with van der Waals surface area (Å²) in [6, 6.07) is 7.65. The fourth-order valence-corrected chi connectivity index (χ4v) is 1.68. The third-order valence-corrected chi connectivity index (χ3v) is 2.83. The van der Waals surface area contributed by atoms with E-state index in [1.807, 2.05) is 24.3 Å². The summed E-state index contributed by atoms with van der Waals surface area (Å²) >= 11 is 0. The van der Waals surface area contributed by atoms with Crippen LogP contribution in [-0.2, 0) is 25.5 Å². The molecule has 0 aliphatic carbocycles. The molecule has 1 rings (SSSR count). The zero-order valence-electron chi connectivity index (χ0n) is 13.2. The number of hydrogen-bond acceptors (Lipinski definition) is 6. The minimum atomic E-state index is -0.865. The maximum Gasteiger partial charge on any atom is 0.305 e. The van der Waals surface area contributed by atoms with Gasteiger partial charge in [-0.25, -0.2) is 0 Å². The van der Waals surface area contributed by atoms with Gasteiger partial charge in [0.25, 0.3) is 0 Å². The van der Waals surface area contributed by atoms with Gasteiger partial charge in [0.2, 0.25) is 0 Å². The minimum absolute atomic E-state index is 0.0112. The summed E-state index contributed by atoms with van der Waals surface area (Å²) in [6.07, 6.45) is 0.0112. The molecule has 130 valence electrons. The van der Waals surface area contributed by atoms with Crippen molar-refractivity contribution in [1.29, 1.82) is 0 Å². The quantitative estimate of drug-likeness (QED) is 0.493.